The van der Waals surface area contributed by atoms with Gasteiger partial charge in [0, 0.05) is 12.6 Å². The number of aryl methyl sites for hydroxylation is 1. The van der Waals surface area contributed by atoms with Gasteiger partial charge in [0.05, 0.1) is 6.42 Å². The first kappa shape index (κ1) is 13.1. The summed E-state index contributed by atoms with van der Waals surface area (Å²) in [5, 5.41) is 12.1. The molecular weight excluding hydrogens is 230 g/mol. The van der Waals surface area contributed by atoms with Crippen LogP contribution in [0.5, 0.6) is 0 Å². The van der Waals surface area contributed by atoms with Crippen LogP contribution >= 0.6 is 0 Å². The molecule has 1 aromatic rings. The van der Waals surface area contributed by atoms with E-state index in [0.29, 0.717) is 18.1 Å². The molecule has 4 heteroatoms. The first-order valence-corrected chi connectivity index (χ1v) is 6.63. The molecule has 0 saturated heterocycles. The molecule has 0 atom stereocenters. The standard InChI is InChI=1S/C14H21NO3/c1-10-2-7-13(18-10)8-14(17)15-12-5-3-11(9-16)4-6-12/h2,7,11-12,16H,3-6,8-9H2,1H3,(H,15,17). The van der Waals surface area contributed by atoms with Crippen molar-refractivity contribution in [2.75, 3.05) is 6.61 Å². The molecule has 0 bridgehead atoms. The lowest BCUT2D eigenvalue weighted by Crippen LogP contribution is -2.38. The smallest absolute Gasteiger partial charge is 0.227 e. The molecule has 4 nitrogen and oxygen atoms in total. The quantitative estimate of drug-likeness (QED) is 0.857. The number of aliphatic hydroxyl groups excluding tert-OH is 1. The predicted octanol–water partition coefficient (Wildman–Crippen LogP) is 1.80. The van der Waals surface area contributed by atoms with Crippen LogP contribution in [0.4, 0.5) is 0 Å². The molecule has 1 saturated carbocycles. The number of nitrogens with one attached hydrogen (secondary N) is 1. The fourth-order valence-electron chi connectivity index (χ4n) is 2.51. The molecule has 1 aliphatic carbocycles. The maximum atomic E-state index is 11.8. The molecule has 2 N–H and O–H groups in total. The largest absolute Gasteiger partial charge is 0.466 e. The molecule has 1 heterocycles. The lowest BCUT2D eigenvalue weighted by Gasteiger charge is -2.27. The normalized spacial score (nSPS) is 23.9. The van der Waals surface area contributed by atoms with Gasteiger partial charge >= 0.3 is 0 Å². The Labute approximate surface area is 107 Å². The maximum Gasteiger partial charge on any atom is 0.227 e. The van der Waals surface area contributed by atoms with Crippen LogP contribution < -0.4 is 5.32 Å². The molecule has 100 valence electrons. The van der Waals surface area contributed by atoms with Crippen LogP contribution in [-0.4, -0.2) is 23.7 Å². The van der Waals surface area contributed by atoms with Gasteiger partial charge in [-0.2, -0.15) is 0 Å². The van der Waals surface area contributed by atoms with E-state index in [1.807, 2.05) is 19.1 Å². The molecule has 1 aliphatic rings. The van der Waals surface area contributed by atoms with Gasteiger partial charge in [0.25, 0.3) is 0 Å². The van der Waals surface area contributed by atoms with Gasteiger partial charge < -0.3 is 14.8 Å². The zero-order valence-corrected chi connectivity index (χ0v) is 10.8. The van der Waals surface area contributed by atoms with E-state index in [1.165, 1.54) is 0 Å². The van der Waals surface area contributed by atoms with Crippen LogP contribution in [-0.2, 0) is 11.2 Å². The highest BCUT2D eigenvalue weighted by molar-refractivity contribution is 5.78. The number of hydrogen-bond donors (Lipinski definition) is 2. The fraction of sp³-hybridized carbons (Fsp3) is 0.643. The summed E-state index contributed by atoms with van der Waals surface area (Å²) in [6, 6.07) is 3.98. The molecule has 1 fully saturated rings. The highest BCUT2D eigenvalue weighted by atomic mass is 16.3. The summed E-state index contributed by atoms with van der Waals surface area (Å²) in [4.78, 5) is 11.8. The van der Waals surface area contributed by atoms with Crippen molar-refractivity contribution in [3.05, 3.63) is 23.7 Å². The van der Waals surface area contributed by atoms with Gasteiger partial charge in [-0.05, 0) is 50.7 Å². The molecule has 0 unspecified atom stereocenters. The Morgan fingerprint density at radius 3 is 2.67 bits per heavy atom. The monoisotopic (exact) mass is 251 g/mol. The van der Waals surface area contributed by atoms with Crippen LogP contribution in [0.2, 0.25) is 0 Å². The molecular formula is C14H21NO3. The molecule has 1 aromatic heterocycles. The molecule has 0 aliphatic heterocycles. The molecule has 2 rings (SSSR count). The van der Waals surface area contributed by atoms with E-state index in [0.717, 1.165) is 31.4 Å². The first-order chi connectivity index (χ1) is 8.67. The van der Waals surface area contributed by atoms with E-state index in [2.05, 4.69) is 5.32 Å². The minimum Gasteiger partial charge on any atom is -0.466 e. The SMILES string of the molecule is Cc1ccc(CC(=O)NC2CCC(CO)CC2)o1. The van der Waals surface area contributed by atoms with Crippen molar-refractivity contribution in [3.63, 3.8) is 0 Å². The summed E-state index contributed by atoms with van der Waals surface area (Å²) in [6.45, 7) is 2.14. The van der Waals surface area contributed by atoms with Gasteiger partial charge in [0.15, 0.2) is 0 Å². The predicted molar refractivity (Wildman–Crippen MR) is 68.1 cm³/mol. The summed E-state index contributed by atoms with van der Waals surface area (Å²) in [5.41, 5.74) is 0. The van der Waals surface area contributed by atoms with Crippen molar-refractivity contribution in [2.45, 2.75) is 45.1 Å². The molecule has 0 spiro atoms. The van der Waals surface area contributed by atoms with E-state index in [-0.39, 0.29) is 18.6 Å². The Morgan fingerprint density at radius 2 is 2.11 bits per heavy atom. The van der Waals surface area contributed by atoms with Gasteiger partial charge in [0.1, 0.15) is 11.5 Å². The average Bonchev–Trinajstić information content (AvgIpc) is 2.75. The molecule has 0 radical (unpaired) electrons. The van der Waals surface area contributed by atoms with Crippen LogP contribution in [0.3, 0.4) is 0 Å². The van der Waals surface area contributed by atoms with Crippen LogP contribution in [0, 0.1) is 12.8 Å². The van der Waals surface area contributed by atoms with Crippen LogP contribution in [0.15, 0.2) is 16.5 Å². The Bertz CT molecular complexity index is 391. The van der Waals surface area contributed by atoms with E-state index in [1.54, 1.807) is 0 Å². The molecule has 0 aromatic carbocycles. The van der Waals surface area contributed by atoms with Crippen molar-refractivity contribution in [1.82, 2.24) is 5.32 Å². The third kappa shape index (κ3) is 3.60. The Morgan fingerprint density at radius 1 is 1.39 bits per heavy atom. The lowest BCUT2D eigenvalue weighted by atomic mass is 9.86. The van der Waals surface area contributed by atoms with Gasteiger partial charge in [-0.25, -0.2) is 0 Å². The Kier molecular flexibility index (Phi) is 4.42. The number of aliphatic hydroxyl groups is 1. The summed E-state index contributed by atoms with van der Waals surface area (Å²) in [6.07, 6.45) is 4.25. The Balaban J connectivity index is 1.75. The lowest BCUT2D eigenvalue weighted by molar-refractivity contribution is -0.121. The number of hydrogen-bond acceptors (Lipinski definition) is 3. The minimum absolute atomic E-state index is 0.0248. The second-order valence-electron chi connectivity index (χ2n) is 5.16. The van der Waals surface area contributed by atoms with E-state index >= 15 is 0 Å². The van der Waals surface area contributed by atoms with E-state index in [9.17, 15) is 4.79 Å². The van der Waals surface area contributed by atoms with Crippen molar-refractivity contribution in [1.29, 1.82) is 0 Å². The van der Waals surface area contributed by atoms with Crippen molar-refractivity contribution >= 4 is 5.91 Å². The van der Waals surface area contributed by atoms with E-state index in [4.69, 9.17) is 9.52 Å². The summed E-state index contributed by atoms with van der Waals surface area (Å²) >= 11 is 0. The topological polar surface area (TPSA) is 62.5 Å². The van der Waals surface area contributed by atoms with Gasteiger partial charge in [-0.15, -0.1) is 0 Å². The second-order valence-corrected chi connectivity index (χ2v) is 5.16. The average molecular weight is 251 g/mol. The third-order valence-electron chi connectivity index (χ3n) is 3.60. The van der Waals surface area contributed by atoms with Gasteiger partial charge in [-0.1, -0.05) is 0 Å². The number of rotatable bonds is 4. The van der Waals surface area contributed by atoms with Crippen molar-refractivity contribution in [2.24, 2.45) is 5.92 Å². The zero-order valence-electron chi connectivity index (χ0n) is 10.8. The molecule has 1 amide bonds. The van der Waals surface area contributed by atoms with Gasteiger partial charge in [0.2, 0.25) is 5.91 Å². The first-order valence-electron chi connectivity index (χ1n) is 6.63. The van der Waals surface area contributed by atoms with Gasteiger partial charge in [-0.3, -0.25) is 4.79 Å². The number of amides is 1. The molecule has 18 heavy (non-hydrogen) atoms. The minimum atomic E-state index is 0.0248. The third-order valence-corrected chi connectivity index (χ3v) is 3.60. The Hall–Kier alpha value is -1.29. The number of carbonyl (C=O) groups excluding carboxylic acids is 1. The summed E-state index contributed by atoms with van der Waals surface area (Å²) in [7, 11) is 0. The highest BCUT2D eigenvalue weighted by Gasteiger charge is 2.22. The van der Waals surface area contributed by atoms with Crippen LogP contribution in [0.25, 0.3) is 0 Å². The zero-order chi connectivity index (χ0) is 13.0. The summed E-state index contributed by atoms with van der Waals surface area (Å²) in [5.74, 6) is 2.00. The number of furan rings is 1. The number of carbonyl (C=O) groups is 1. The maximum absolute atomic E-state index is 11.8. The summed E-state index contributed by atoms with van der Waals surface area (Å²) < 4.78 is 5.38. The van der Waals surface area contributed by atoms with E-state index < -0.39 is 0 Å². The second kappa shape index (κ2) is 6.05. The van der Waals surface area contributed by atoms with Crippen molar-refractivity contribution < 1.29 is 14.3 Å². The van der Waals surface area contributed by atoms with Crippen LogP contribution in [0.1, 0.15) is 37.2 Å². The highest BCUT2D eigenvalue weighted by Crippen LogP contribution is 2.23. The van der Waals surface area contributed by atoms with Crippen molar-refractivity contribution in [3.8, 4) is 0 Å². The fourth-order valence-corrected chi connectivity index (χ4v) is 2.51.